The van der Waals surface area contributed by atoms with Gasteiger partial charge in [0.05, 0.1) is 23.5 Å². The van der Waals surface area contributed by atoms with Crippen molar-refractivity contribution >= 4 is 27.3 Å². The summed E-state index contributed by atoms with van der Waals surface area (Å²) < 4.78 is 24.8. The first-order valence-corrected chi connectivity index (χ1v) is 10.0. The van der Waals surface area contributed by atoms with Crippen molar-refractivity contribution < 1.29 is 13.2 Å². The maximum atomic E-state index is 12.3. The molecular weight excluding hydrogens is 324 g/mol. The maximum absolute atomic E-state index is 12.3. The Morgan fingerprint density at radius 2 is 2.18 bits per heavy atom. The molecule has 0 aliphatic carbocycles. The van der Waals surface area contributed by atoms with Gasteiger partial charge in [-0.2, -0.15) is 0 Å². The zero-order valence-corrected chi connectivity index (χ0v) is 14.5. The van der Waals surface area contributed by atoms with Crippen LogP contribution in [0.2, 0.25) is 0 Å². The molecule has 0 unspecified atom stereocenters. The highest BCUT2D eigenvalue weighted by Gasteiger charge is 2.25. The summed E-state index contributed by atoms with van der Waals surface area (Å²) in [5.74, 6) is -0.166. The summed E-state index contributed by atoms with van der Waals surface area (Å²) in [5.41, 5.74) is 2.87. The van der Waals surface area contributed by atoms with Crippen molar-refractivity contribution in [3.05, 3.63) is 16.6 Å². The third kappa shape index (κ3) is 5.31. The fourth-order valence-electron chi connectivity index (χ4n) is 2.54. The highest BCUT2D eigenvalue weighted by molar-refractivity contribution is 7.88. The first-order valence-electron chi connectivity index (χ1n) is 7.20. The molecule has 0 spiro atoms. The lowest BCUT2D eigenvalue weighted by Crippen LogP contribution is -2.47. The lowest BCUT2D eigenvalue weighted by Gasteiger charge is -2.24. The van der Waals surface area contributed by atoms with E-state index in [1.54, 1.807) is 23.2 Å². The van der Waals surface area contributed by atoms with Gasteiger partial charge in [-0.3, -0.25) is 9.69 Å². The molecule has 9 heteroatoms. The molecule has 0 aromatic carbocycles. The van der Waals surface area contributed by atoms with E-state index in [0.29, 0.717) is 13.1 Å². The molecule has 1 N–H and O–H groups in total. The third-order valence-electron chi connectivity index (χ3n) is 3.53. The topological polar surface area (TPSA) is 82.6 Å². The summed E-state index contributed by atoms with van der Waals surface area (Å²) in [4.78, 5) is 20.6. The molecule has 22 heavy (non-hydrogen) atoms. The molecule has 1 aromatic rings. The normalized spacial score (nSPS) is 18.9. The minimum absolute atomic E-state index is 0.166. The van der Waals surface area contributed by atoms with Gasteiger partial charge < -0.3 is 4.90 Å². The molecule has 1 saturated heterocycles. The number of rotatable bonds is 5. The van der Waals surface area contributed by atoms with Crippen molar-refractivity contribution in [3.8, 4) is 0 Å². The number of nitrogens with zero attached hydrogens (tertiary/aromatic N) is 3. The predicted molar refractivity (Wildman–Crippen MR) is 86.0 cm³/mol. The monoisotopic (exact) mass is 346 g/mol. The van der Waals surface area contributed by atoms with E-state index < -0.39 is 16.1 Å². The smallest absolute Gasteiger partial charge is 0.240 e. The van der Waals surface area contributed by atoms with E-state index in [4.69, 9.17) is 0 Å². The average Bonchev–Trinajstić information content (AvgIpc) is 2.81. The van der Waals surface area contributed by atoms with Crippen LogP contribution in [0.25, 0.3) is 0 Å². The van der Waals surface area contributed by atoms with E-state index in [1.807, 2.05) is 10.9 Å². The van der Waals surface area contributed by atoms with Crippen LogP contribution in [0.15, 0.2) is 10.9 Å². The molecule has 0 radical (unpaired) electrons. The van der Waals surface area contributed by atoms with Crippen molar-refractivity contribution in [3.63, 3.8) is 0 Å². The van der Waals surface area contributed by atoms with Crippen LogP contribution in [0.5, 0.6) is 0 Å². The zero-order valence-electron chi connectivity index (χ0n) is 12.9. The number of carbonyl (C=O) groups is 1. The molecule has 0 saturated carbocycles. The van der Waals surface area contributed by atoms with Gasteiger partial charge in [0.15, 0.2) is 0 Å². The highest BCUT2D eigenvalue weighted by Crippen LogP contribution is 2.10. The van der Waals surface area contributed by atoms with Gasteiger partial charge in [0.2, 0.25) is 15.9 Å². The highest BCUT2D eigenvalue weighted by atomic mass is 32.2. The van der Waals surface area contributed by atoms with E-state index in [1.165, 1.54) is 0 Å². The van der Waals surface area contributed by atoms with Crippen molar-refractivity contribution in [2.45, 2.75) is 25.9 Å². The van der Waals surface area contributed by atoms with Crippen LogP contribution >= 0.6 is 11.3 Å². The van der Waals surface area contributed by atoms with Gasteiger partial charge in [-0.1, -0.05) is 0 Å². The first-order chi connectivity index (χ1) is 10.3. The predicted octanol–water partition coefficient (Wildman–Crippen LogP) is 0.115. The molecule has 1 fully saturated rings. The van der Waals surface area contributed by atoms with Gasteiger partial charge in [-0.25, -0.2) is 18.1 Å². The Labute approximate surface area is 135 Å². The lowest BCUT2D eigenvalue weighted by molar-refractivity contribution is -0.132. The van der Waals surface area contributed by atoms with Gasteiger partial charge in [-0.15, -0.1) is 11.3 Å². The Morgan fingerprint density at radius 1 is 1.41 bits per heavy atom. The van der Waals surface area contributed by atoms with Gasteiger partial charge >= 0.3 is 0 Å². The minimum Gasteiger partial charge on any atom is -0.340 e. The third-order valence-corrected chi connectivity index (χ3v) is 4.95. The zero-order chi connectivity index (χ0) is 16.2. The number of thiazole rings is 1. The molecule has 124 valence electrons. The van der Waals surface area contributed by atoms with Crippen molar-refractivity contribution in [2.75, 3.05) is 32.4 Å². The summed E-state index contributed by atoms with van der Waals surface area (Å²) >= 11 is 1.58. The summed E-state index contributed by atoms with van der Waals surface area (Å²) in [7, 11) is -3.38. The van der Waals surface area contributed by atoms with Gasteiger partial charge in [0, 0.05) is 38.1 Å². The fourth-order valence-corrected chi connectivity index (χ4v) is 3.83. The van der Waals surface area contributed by atoms with E-state index in [0.717, 1.165) is 38.0 Å². The summed E-state index contributed by atoms with van der Waals surface area (Å²) in [6, 6.07) is -0.722. The number of nitrogens with one attached hydrogen (secondary N) is 1. The molecule has 7 nitrogen and oxygen atoms in total. The SMILES string of the molecule is C[C@@H](NS(C)(=O)=O)C(=O)N1CCCN(Cc2cscn2)CC1. The van der Waals surface area contributed by atoms with Crippen LogP contribution in [0.4, 0.5) is 0 Å². The van der Waals surface area contributed by atoms with E-state index in [2.05, 4.69) is 14.6 Å². The van der Waals surface area contributed by atoms with E-state index >= 15 is 0 Å². The van der Waals surface area contributed by atoms with E-state index in [-0.39, 0.29) is 5.91 Å². The Balaban J connectivity index is 1.88. The summed E-state index contributed by atoms with van der Waals surface area (Å²) in [5, 5.41) is 2.03. The molecular formula is C13H22N4O3S2. The number of sulfonamides is 1. The number of carbonyl (C=O) groups excluding carboxylic acids is 1. The maximum Gasteiger partial charge on any atom is 0.240 e. The van der Waals surface area contributed by atoms with Gasteiger partial charge in [0.1, 0.15) is 0 Å². The largest absolute Gasteiger partial charge is 0.340 e. The standard InChI is InChI=1S/C13H22N4O3S2/c1-11(15-22(2,19)20)13(18)17-5-3-4-16(6-7-17)8-12-9-21-10-14-12/h9-11,15H,3-8H2,1-2H3/t11-/m1/s1. The molecule has 1 atom stereocenters. The second kappa shape index (κ2) is 7.49. The van der Waals surface area contributed by atoms with Crippen molar-refractivity contribution in [1.29, 1.82) is 0 Å². The fraction of sp³-hybridized carbons (Fsp3) is 0.692. The van der Waals surface area contributed by atoms with Gasteiger partial charge in [0.25, 0.3) is 0 Å². The molecule has 2 rings (SSSR count). The van der Waals surface area contributed by atoms with Crippen LogP contribution < -0.4 is 4.72 Å². The van der Waals surface area contributed by atoms with Crippen LogP contribution in [0.1, 0.15) is 19.0 Å². The first kappa shape index (κ1) is 17.3. The number of amides is 1. The molecule has 1 aliphatic heterocycles. The van der Waals surface area contributed by atoms with Gasteiger partial charge in [-0.05, 0) is 13.3 Å². The summed E-state index contributed by atoms with van der Waals surface area (Å²) in [6.07, 6.45) is 1.94. The average molecular weight is 346 g/mol. The Kier molecular flexibility index (Phi) is 5.90. The number of hydrogen-bond donors (Lipinski definition) is 1. The van der Waals surface area contributed by atoms with Crippen molar-refractivity contribution in [1.82, 2.24) is 19.5 Å². The molecule has 0 bridgehead atoms. The van der Waals surface area contributed by atoms with Crippen LogP contribution in [-0.2, 0) is 21.4 Å². The molecule has 2 heterocycles. The molecule has 1 amide bonds. The second-order valence-electron chi connectivity index (χ2n) is 5.55. The molecule has 1 aliphatic rings. The minimum atomic E-state index is -3.38. The van der Waals surface area contributed by atoms with E-state index in [9.17, 15) is 13.2 Å². The molecule has 1 aromatic heterocycles. The Morgan fingerprint density at radius 3 is 2.82 bits per heavy atom. The lowest BCUT2D eigenvalue weighted by atomic mass is 10.3. The second-order valence-corrected chi connectivity index (χ2v) is 8.05. The quantitative estimate of drug-likeness (QED) is 0.819. The number of hydrogen-bond acceptors (Lipinski definition) is 6. The van der Waals surface area contributed by atoms with Crippen LogP contribution in [0.3, 0.4) is 0 Å². The number of aromatic nitrogens is 1. The van der Waals surface area contributed by atoms with Crippen molar-refractivity contribution in [2.24, 2.45) is 0 Å². The van der Waals surface area contributed by atoms with Crippen LogP contribution in [-0.4, -0.2) is 67.6 Å². The Hall–Kier alpha value is -1.03. The van der Waals surface area contributed by atoms with Crippen LogP contribution in [0, 0.1) is 0 Å². The summed E-state index contributed by atoms with van der Waals surface area (Å²) in [6.45, 7) is 5.33. The Bertz CT molecular complexity index is 588.